The molecule has 0 saturated heterocycles. The number of phenols is 1. The van der Waals surface area contributed by atoms with Crippen molar-refractivity contribution >= 4 is 18.0 Å². The lowest BCUT2D eigenvalue weighted by Gasteiger charge is -2.34. The van der Waals surface area contributed by atoms with Crippen molar-refractivity contribution in [2.24, 2.45) is 0 Å². The van der Waals surface area contributed by atoms with Crippen molar-refractivity contribution < 1.29 is 34.0 Å². The van der Waals surface area contributed by atoms with Crippen LogP contribution in [-0.4, -0.2) is 48.1 Å². The molecule has 0 aromatic heterocycles. The van der Waals surface area contributed by atoms with E-state index >= 15 is 0 Å². The number of carboxylic acid groups (broad SMARTS) is 1. The van der Waals surface area contributed by atoms with Gasteiger partial charge in [0.15, 0.2) is 17.1 Å². The molecule has 0 bridgehead atoms. The van der Waals surface area contributed by atoms with Crippen molar-refractivity contribution in [3.05, 3.63) is 66.3 Å². The zero-order valence-corrected chi connectivity index (χ0v) is 14.9. The summed E-state index contributed by atoms with van der Waals surface area (Å²) in [4.78, 5) is 23.2. The number of carbonyl (C=O) groups excluding carboxylic acids is 1. The van der Waals surface area contributed by atoms with Gasteiger partial charge >= 0.3 is 11.9 Å². The second-order valence-corrected chi connectivity index (χ2v) is 5.61. The SMILES string of the molecule is COc1cc(C=CC(=O)OC2(C=CC(=O)O)C=CC=CC2OC)ccc1O. The summed E-state index contributed by atoms with van der Waals surface area (Å²) in [6, 6.07) is 4.60. The highest BCUT2D eigenvalue weighted by Crippen LogP contribution is 2.29. The second-order valence-electron chi connectivity index (χ2n) is 5.61. The highest BCUT2D eigenvalue weighted by molar-refractivity contribution is 5.88. The van der Waals surface area contributed by atoms with E-state index in [2.05, 4.69) is 0 Å². The number of aromatic hydroxyl groups is 1. The van der Waals surface area contributed by atoms with Crippen LogP contribution in [0.15, 0.2) is 60.7 Å². The quantitative estimate of drug-likeness (QED) is 0.560. The van der Waals surface area contributed by atoms with E-state index in [1.165, 1.54) is 38.5 Å². The van der Waals surface area contributed by atoms with Gasteiger partial charge in [-0.3, -0.25) is 0 Å². The molecule has 2 N–H and O–H groups in total. The lowest BCUT2D eigenvalue weighted by Crippen LogP contribution is -2.44. The highest BCUT2D eigenvalue weighted by atomic mass is 16.6. The number of esters is 1. The molecule has 0 fully saturated rings. The van der Waals surface area contributed by atoms with Crippen LogP contribution < -0.4 is 4.74 Å². The molecule has 2 atom stereocenters. The Morgan fingerprint density at radius 3 is 2.63 bits per heavy atom. The van der Waals surface area contributed by atoms with Crippen LogP contribution in [0.3, 0.4) is 0 Å². The predicted molar refractivity (Wildman–Crippen MR) is 98.4 cm³/mol. The Morgan fingerprint density at radius 2 is 1.96 bits per heavy atom. The monoisotopic (exact) mass is 372 g/mol. The zero-order valence-electron chi connectivity index (χ0n) is 14.9. The van der Waals surface area contributed by atoms with Crippen LogP contribution in [0.4, 0.5) is 0 Å². The Labute approximate surface area is 156 Å². The number of hydrogen-bond donors (Lipinski definition) is 2. The van der Waals surface area contributed by atoms with Gasteiger partial charge in [0.25, 0.3) is 0 Å². The van der Waals surface area contributed by atoms with Crippen LogP contribution in [0.5, 0.6) is 11.5 Å². The fraction of sp³-hybridized carbons (Fsp3) is 0.200. The van der Waals surface area contributed by atoms with Gasteiger partial charge in [0, 0.05) is 19.3 Å². The molecular formula is C20H20O7. The van der Waals surface area contributed by atoms with Crippen molar-refractivity contribution in [3.8, 4) is 11.5 Å². The number of phenolic OH excluding ortho intramolecular Hbond substituents is 1. The van der Waals surface area contributed by atoms with Gasteiger partial charge in [-0.05, 0) is 35.9 Å². The predicted octanol–water partition coefficient (Wildman–Crippen LogP) is 2.48. The van der Waals surface area contributed by atoms with Crippen LogP contribution in [-0.2, 0) is 19.1 Å². The number of ether oxygens (including phenoxy) is 3. The minimum Gasteiger partial charge on any atom is -0.504 e. The maximum atomic E-state index is 12.3. The van der Waals surface area contributed by atoms with Gasteiger partial charge < -0.3 is 24.4 Å². The smallest absolute Gasteiger partial charge is 0.332 e. The molecule has 7 heteroatoms. The van der Waals surface area contributed by atoms with E-state index in [-0.39, 0.29) is 11.5 Å². The van der Waals surface area contributed by atoms with E-state index in [1.807, 2.05) is 0 Å². The van der Waals surface area contributed by atoms with Crippen molar-refractivity contribution in [1.82, 2.24) is 0 Å². The zero-order chi connectivity index (χ0) is 19.9. The number of benzene rings is 1. The Kier molecular flexibility index (Phi) is 6.56. The third kappa shape index (κ3) is 5.08. The van der Waals surface area contributed by atoms with Crippen molar-refractivity contribution in [2.75, 3.05) is 14.2 Å². The minimum absolute atomic E-state index is 0.0166. The average molecular weight is 372 g/mol. The van der Waals surface area contributed by atoms with Crippen LogP contribution in [0, 0.1) is 0 Å². The highest BCUT2D eigenvalue weighted by Gasteiger charge is 2.38. The third-order valence-electron chi connectivity index (χ3n) is 3.83. The molecule has 1 aliphatic carbocycles. The molecule has 27 heavy (non-hydrogen) atoms. The van der Waals surface area contributed by atoms with Gasteiger partial charge in [0.2, 0.25) is 0 Å². The maximum Gasteiger partial charge on any atom is 0.332 e. The van der Waals surface area contributed by atoms with Gasteiger partial charge in [0.05, 0.1) is 7.11 Å². The molecule has 2 rings (SSSR count). The fourth-order valence-corrected chi connectivity index (χ4v) is 2.53. The number of carboxylic acids is 1. The van der Waals surface area contributed by atoms with Crippen LogP contribution in [0.2, 0.25) is 0 Å². The van der Waals surface area contributed by atoms with Crippen molar-refractivity contribution in [3.63, 3.8) is 0 Å². The van der Waals surface area contributed by atoms with E-state index in [0.717, 1.165) is 6.08 Å². The lowest BCUT2D eigenvalue weighted by atomic mass is 9.91. The fourth-order valence-electron chi connectivity index (χ4n) is 2.53. The Hall–Kier alpha value is -3.32. The number of carbonyl (C=O) groups is 2. The number of allylic oxidation sites excluding steroid dienone is 2. The van der Waals surface area contributed by atoms with Gasteiger partial charge in [-0.2, -0.15) is 0 Å². The van der Waals surface area contributed by atoms with Crippen LogP contribution >= 0.6 is 0 Å². The Balaban J connectivity index is 2.22. The molecule has 0 amide bonds. The molecular weight excluding hydrogens is 352 g/mol. The van der Waals surface area contributed by atoms with Gasteiger partial charge in [-0.15, -0.1) is 0 Å². The molecule has 142 valence electrons. The largest absolute Gasteiger partial charge is 0.504 e. The molecule has 1 aromatic rings. The number of rotatable bonds is 7. The summed E-state index contributed by atoms with van der Waals surface area (Å²) in [5, 5.41) is 18.5. The summed E-state index contributed by atoms with van der Waals surface area (Å²) in [6.07, 6.45) is 10.7. The van der Waals surface area contributed by atoms with Gasteiger partial charge in [-0.1, -0.05) is 24.3 Å². The summed E-state index contributed by atoms with van der Waals surface area (Å²) >= 11 is 0. The average Bonchev–Trinajstić information content (AvgIpc) is 2.66. The first-order chi connectivity index (χ1) is 12.9. The molecule has 0 radical (unpaired) electrons. The molecule has 2 unspecified atom stereocenters. The van der Waals surface area contributed by atoms with E-state index in [1.54, 1.807) is 36.4 Å². The molecule has 0 heterocycles. The standard InChI is InChI=1S/C20H20O7/c1-25-16-13-14(6-8-15(16)21)7-9-19(24)27-20(12-10-18(22)23)11-4-3-5-17(20)26-2/h3-13,17,21H,1-2H3,(H,22,23). The van der Waals surface area contributed by atoms with Crippen molar-refractivity contribution in [2.45, 2.75) is 11.7 Å². The van der Waals surface area contributed by atoms with E-state index in [9.17, 15) is 14.7 Å². The summed E-state index contributed by atoms with van der Waals surface area (Å²) in [5.41, 5.74) is -0.769. The molecule has 1 aromatic carbocycles. The van der Waals surface area contributed by atoms with Gasteiger partial charge in [-0.25, -0.2) is 9.59 Å². The van der Waals surface area contributed by atoms with Gasteiger partial charge in [0.1, 0.15) is 6.10 Å². The van der Waals surface area contributed by atoms with Crippen molar-refractivity contribution in [1.29, 1.82) is 0 Å². The van der Waals surface area contributed by atoms with E-state index in [4.69, 9.17) is 19.3 Å². The molecule has 0 aliphatic heterocycles. The Bertz CT molecular complexity index is 820. The topological polar surface area (TPSA) is 102 Å². The summed E-state index contributed by atoms with van der Waals surface area (Å²) in [7, 11) is 2.85. The molecule has 0 saturated carbocycles. The molecule has 7 nitrogen and oxygen atoms in total. The number of hydrogen-bond acceptors (Lipinski definition) is 6. The molecule has 1 aliphatic rings. The molecule has 0 spiro atoms. The summed E-state index contributed by atoms with van der Waals surface area (Å²) < 4.78 is 15.8. The first kappa shape index (κ1) is 20.0. The number of aliphatic carboxylic acids is 1. The van der Waals surface area contributed by atoms with Crippen LogP contribution in [0.1, 0.15) is 5.56 Å². The van der Waals surface area contributed by atoms with E-state index in [0.29, 0.717) is 5.56 Å². The lowest BCUT2D eigenvalue weighted by molar-refractivity contribution is -0.152. The normalized spacial score (nSPS) is 21.6. The minimum atomic E-state index is -1.38. The van der Waals surface area contributed by atoms with E-state index < -0.39 is 23.6 Å². The maximum absolute atomic E-state index is 12.3. The first-order valence-corrected chi connectivity index (χ1v) is 7.99. The summed E-state index contributed by atoms with van der Waals surface area (Å²) in [5.74, 6) is -1.61. The Morgan fingerprint density at radius 1 is 1.19 bits per heavy atom. The summed E-state index contributed by atoms with van der Waals surface area (Å²) in [6.45, 7) is 0. The first-order valence-electron chi connectivity index (χ1n) is 7.99. The number of methoxy groups -OCH3 is 2. The second kappa shape index (κ2) is 8.86. The third-order valence-corrected chi connectivity index (χ3v) is 3.83. The van der Waals surface area contributed by atoms with Crippen LogP contribution in [0.25, 0.3) is 6.08 Å².